The second kappa shape index (κ2) is 7.52. The molecule has 1 aliphatic carbocycles. The first kappa shape index (κ1) is 15.2. The van der Waals surface area contributed by atoms with Crippen LogP contribution in [0.25, 0.3) is 0 Å². The van der Waals surface area contributed by atoms with Crippen molar-refractivity contribution in [3.8, 4) is 11.8 Å². The molecule has 0 spiro atoms. The van der Waals surface area contributed by atoms with E-state index in [9.17, 15) is 5.26 Å². The zero-order chi connectivity index (χ0) is 14.4. The zero-order valence-corrected chi connectivity index (χ0v) is 12.6. The third-order valence-electron chi connectivity index (χ3n) is 3.90. The summed E-state index contributed by atoms with van der Waals surface area (Å²) in [4.78, 5) is 0. The van der Waals surface area contributed by atoms with Crippen molar-refractivity contribution in [2.24, 2.45) is 0 Å². The van der Waals surface area contributed by atoms with Gasteiger partial charge in [-0.2, -0.15) is 5.26 Å². The van der Waals surface area contributed by atoms with Gasteiger partial charge in [-0.1, -0.05) is 43.4 Å². The first-order valence-electron chi connectivity index (χ1n) is 7.23. The van der Waals surface area contributed by atoms with Crippen molar-refractivity contribution in [1.29, 1.82) is 5.26 Å². The summed E-state index contributed by atoms with van der Waals surface area (Å²) in [6.07, 6.45) is 7.43. The van der Waals surface area contributed by atoms with Crippen LogP contribution in [-0.2, 0) is 0 Å². The van der Waals surface area contributed by atoms with E-state index in [0.717, 1.165) is 18.4 Å². The van der Waals surface area contributed by atoms with Gasteiger partial charge in [-0.25, -0.2) is 0 Å². The van der Waals surface area contributed by atoms with Crippen molar-refractivity contribution >= 4 is 11.6 Å². The normalized spacial score (nSPS) is 18.1. The number of benzene rings is 1. The molecule has 1 N–H and O–H groups in total. The smallest absolute Gasteiger partial charge is 0.137 e. The van der Waals surface area contributed by atoms with Crippen LogP contribution in [0.4, 0.5) is 0 Å². The van der Waals surface area contributed by atoms with Gasteiger partial charge in [0, 0.05) is 6.04 Å². The highest BCUT2D eigenvalue weighted by Crippen LogP contribution is 2.28. The van der Waals surface area contributed by atoms with E-state index in [1.807, 2.05) is 18.2 Å². The summed E-state index contributed by atoms with van der Waals surface area (Å²) in [5.74, 6) is 0.640. The molecule has 1 fully saturated rings. The number of hydrogen-bond donors (Lipinski definition) is 1. The van der Waals surface area contributed by atoms with Gasteiger partial charge in [-0.3, -0.25) is 5.32 Å². The van der Waals surface area contributed by atoms with E-state index >= 15 is 0 Å². The highest BCUT2D eigenvalue weighted by molar-refractivity contribution is 6.32. The van der Waals surface area contributed by atoms with Crippen molar-refractivity contribution in [3.05, 3.63) is 28.8 Å². The molecule has 0 aromatic heterocycles. The SMILES string of the molecule is COc1ccc(C(C#N)NC2CCCCCC2)cc1Cl. The molecule has 20 heavy (non-hydrogen) atoms. The lowest BCUT2D eigenvalue weighted by Crippen LogP contribution is -2.31. The lowest BCUT2D eigenvalue weighted by Gasteiger charge is -2.21. The Morgan fingerprint density at radius 1 is 1.30 bits per heavy atom. The van der Waals surface area contributed by atoms with E-state index in [-0.39, 0.29) is 6.04 Å². The molecule has 0 heterocycles. The minimum Gasteiger partial charge on any atom is -0.495 e. The third-order valence-corrected chi connectivity index (χ3v) is 4.19. The van der Waals surface area contributed by atoms with Crippen LogP contribution in [0.15, 0.2) is 18.2 Å². The number of nitrogens with one attached hydrogen (secondary N) is 1. The van der Waals surface area contributed by atoms with Gasteiger partial charge in [-0.05, 0) is 30.5 Å². The number of rotatable bonds is 4. The zero-order valence-electron chi connectivity index (χ0n) is 11.9. The summed E-state index contributed by atoms with van der Waals surface area (Å²) >= 11 is 6.14. The molecule has 2 rings (SSSR count). The van der Waals surface area contributed by atoms with Crippen molar-refractivity contribution < 1.29 is 4.74 Å². The lowest BCUT2D eigenvalue weighted by molar-refractivity contribution is 0.413. The Bertz CT molecular complexity index is 476. The van der Waals surface area contributed by atoms with Crippen LogP contribution in [0.5, 0.6) is 5.75 Å². The molecule has 1 saturated carbocycles. The van der Waals surface area contributed by atoms with E-state index in [1.54, 1.807) is 7.11 Å². The predicted octanol–water partition coefficient (Wildman–Crippen LogP) is 4.23. The lowest BCUT2D eigenvalue weighted by atomic mass is 10.0. The summed E-state index contributed by atoms with van der Waals surface area (Å²) < 4.78 is 5.14. The topological polar surface area (TPSA) is 45.0 Å². The van der Waals surface area contributed by atoms with E-state index in [1.165, 1.54) is 25.7 Å². The first-order chi connectivity index (χ1) is 9.74. The molecule has 0 saturated heterocycles. The Morgan fingerprint density at radius 3 is 2.55 bits per heavy atom. The van der Waals surface area contributed by atoms with Gasteiger partial charge >= 0.3 is 0 Å². The maximum Gasteiger partial charge on any atom is 0.137 e. The fourth-order valence-corrected chi connectivity index (χ4v) is 3.02. The van der Waals surface area contributed by atoms with Crippen LogP contribution in [0.2, 0.25) is 5.02 Å². The molecule has 3 nitrogen and oxygen atoms in total. The molecule has 4 heteroatoms. The first-order valence-corrected chi connectivity index (χ1v) is 7.61. The highest BCUT2D eigenvalue weighted by atomic mass is 35.5. The average molecular weight is 293 g/mol. The molecule has 1 unspecified atom stereocenters. The Labute approximate surface area is 125 Å². The van der Waals surface area contributed by atoms with Crippen LogP contribution in [0.1, 0.15) is 50.1 Å². The Morgan fingerprint density at radius 2 is 2.00 bits per heavy atom. The number of hydrogen-bond acceptors (Lipinski definition) is 3. The minimum atomic E-state index is -0.304. The molecule has 1 atom stereocenters. The molecule has 1 aromatic rings. The van der Waals surface area contributed by atoms with Crippen LogP contribution >= 0.6 is 11.6 Å². The van der Waals surface area contributed by atoms with E-state index in [4.69, 9.17) is 16.3 Å². The fourth-order valence-electron chi connectivity index (χ4n) is 2.75. The summed E-state index contributed by atoms with van der Waals surface area (Å²) in [7, 11) is 1.59. The van der Waals surface area contributed by atoms with Gasteiger partial charge in [-0.15, -0.1) is 0 Å². The van der Waals surface area contributed by atoms with Crippen LogP contribution in [-0.4, -0.2) is 13.2 Å². The van der Waals surface area contributed by atoms with Gasteiger partial charge in [0.1, 0.15) is 11.8 Å². The summed E-state index contributed by atoms with van der Waals surface area (Å²) in [6, 6.07) is 8.01. The van der Waals surface area contributed by atoms with Crippen molar-refractivity contribution in [2.45, 2.75) is 50.6 Å². The van der Waals surface area contributed by atoms with E-state index in [2.05, 4.69) is 11.4 Å². The maximum absolute atomic E-state index is 9.41. The molecule has 108 valence electrons. The standard InChI is InChI=1S/C16H21ClN2O/c1-20-16-9-8-12(10-14(16)17)15(11-18)19-13-6-4-2-3-5-7-13/h8-10,13,15,19H,2-7H2,1H3. The third kappa shape index (κ3) is 3.88. The minimum absolute atomic E-state index is 0.304. The highest BCUT2D eigenvalue weighted by Gasteiger charge is 2.18. The average Bonchev–Trinajstić information content (AvgIpc) is 2.73. The Balaban J connectivity index is 2.07. The summed E-state index contributed by atoms with van der Waals surface area (Å²) in [5, 5.41) is 13.4. The summed E-state index contributed by atoms with van der Waals surface area (Å²) in [5.41, 5.74) is 0.905. The molecular formula is C16H21ClN2O. The van der Waals surface area contributed by atoms with Crippen LogP contribution < -0.4 is 10.1 Å². The van der Waals surface area contributed by atoms with Crippen molar-refractivity contribution in [1.82, 2.24) is 5.32 Å². The van der Waals surface area contributed by atoms with E-state index in [0.29, 0.717) is 16.8 Å². The molecule has 1 aromatic carbocycles. The molecule has 0 radical (unpaired) electrons. The molecule has 1 aliphatic rings. The Kier molecular flexibility index (Phi) is 5.70. The molecule has 0 amide bonds. The molecule has 0 aliphatic heterocycles. The van der Waals surface area contributed by atoms with Gasteiger partial charge in [0.2, 0.25) is 0 Å². The number of nitrogens with zero attached hydrogens (tertiary/aromatic N) is 1. The number of nitriles is 1. The monoisotopic (exact) mass is 292 g/mol. The van der Waals surface area contributed by atoms with E-state index < -0.39 is 0 Å². The molecule has 0 bridgehead atoms. The van der Waals surface area contributed by atoms with Crippen LogP contribution in [0, 0.1) is 11.3 Å². The van der Waals surface area contributed by atoms with Crippen molar-refractivity contribution in [3.63, 3.8) is 0 Å². The largest absolute Gasteiger partial charge is 0.495 e. The number of halogens is 1. The van der Waals surface area contributed by atoms with Gasteiger partial charge in [0.15, 0.2) is 0 Å². The fraction of sp³-hybridized carbons (Fsp3) is 0.562. The van der Waals surface area contributed by atoms with Crippen molar-refractivity contribution in [2.75, 3.05) is 7.11 Å². The predicted molar refractivity (Wildman–Crippen MR) is 81.0 cm³/mol. The van der Waals surface area contributed by atoms with Crippen LogP contribution in [0.3, 0.4) is 0 Å². The number of methoxy groups -OCH3 is 1. The Hall–Kier alpha value is -1.24. The van der Waals surface area contributed by atoms with Gasteiger partial charge in [0.25, 0.3) is 0 Å². The quantitative estimate of drug-likeness (QED) is 0.845. The second-order valence-electron chi connectivity index (χ2n) is 5.31. The van der Waals surface area contributed by atoms with Gasteiger partial charge in [0.05, 0.1) is 18.2 Å². The molecular weight excluding hydrogens is 272 g/mol. The number of ether oxygens (including phenoxy) is 1. The second-order valence-corrected chi connectivity index (χ2v) is 5.72. The van der Waals surface area contributed by atoms with Gasteiger partial charge < -0.3 is 4.74 Å². The summed E-state index contributed by atoms with van der Waals surface area (Å²) in [6.45, 7) is 0. The maximum atomic E-state index is 9.41.